The summed E-state index contributed by atoms with van der Waals surface area (Å²) in [5, 5.41) is 5.20. The Balaban J connectivity index is 1.91. The van der Waals surface area contributed by atoms with Gasteiger partial charge in [-0.05, 0) is 46.8 Å². The topological polar surface area (TPSA) is 114 Å². The molecule has 0 saturated heterocycles. The molecule has 2 N–H and O–H groups in total. The molecule has 0 radical (unpaired) electrons. The molecule has 0 saturated carbocycles. The highest BCUT2D eigenvalue weighted by Gasteiger charge is 2.43. The molecule has 158 valence electrons. The van der Waals surface area contributed by atoms with Gasteiger partial charge in [-0.25, -0.2) is 4.79 Å². The van der Waals surface area contributed by atoms with Crippen molar-refractivity contribution >= 4 is 35.3 Å². The number of hydrogen-bond acceptors (Lipinski definition) is 6. The Morgan fingerprint density at radius 2 is 1.83 bits per heavy atom. The number of nitrogens with one attached hydrogen (secondary N) is 2. The maximum absolute atomic E-state index is 12.7. The third-order valence-corrected chi connectivity index (χ3v) is 4.11. The fourth-order valence-electron chi connectivity index (χ4n) is 2.76. The first-order valence-electron chi connectivity index (χ1n) is 9.28. The van der Waals surface area contributed by atoms with E-state index in [9.17, 15) is 19.2 Å². The number of alkyl carbamates (subject to hydrolysis) is 1. The van der Waals surface area contributed by atoms with Gasteiger partial charge in [0.2, 0.25) is 5.91 Å². The van der Waals surface area contributed by atoms with Gasteiger partial charge in [0.15, 0.2) is 6.61 Å². The summed E-state index contributed by atoms with van der Waals surface area (Å²) in [7, 11) is 0. The molecule has 0 unspecified atom stereocenters. The molecule has 1 heterocycles. The predicted molar refractivity (Wildman–Crippen MR) is 106 cm³/mol. The number of para-hydroxylation sites is 2. The minimum Gasteiger partial charge on any atom is -0.455 e. The van der Waals surface area contributed by atoms with Gasteiger partial charge in [-0.2, -0.15) is 0 Å². The van der Waals surface area contributed by atoms with E-state index in [1.165, 1.54) is 4.90 Å². The van der Waals surface area contributed by atoms with Crippen molar-refractivity contribution in [2.24, 2.45) is 0 Å². The quantitative estimate of drug-likeness (QED) is 0.726. The van der Waals surface area contributed by atoms with Crippen molar-refractivity contribution in [2.45, 2.75) is 52.2 Å². The van der Waals surface area contributed by atoms with Gasteiger partial charge < -0.3 is 20.1 Å². The predicted octanol–water partition coefficient (Wildman–Crippen LogP) is 2.21. The van der Waals surface area contributed by atoms with Crippen molar-refractivity contribution in [3.8, 4) is 0 Å². The summed E-state index contributed by atoms with van der Waals surface area (Å²) in [4.78, 5) is 49.9. The van der Waals surface area contributed by atoms with Crippen molar-refractivity contribution in [3.63, 3.8) is 0 Å². The Morgan fingerprint density at radius 1 is 1.17 bits per heavy atom. The highest BCUT2D eigenvalue weighted by atomic mass is 16.6. The van der Waals surface area contributed by atoms with Crippen LogP contribution in [0, 0.1) is 0 Å². The maximum atomic E-state index is 12.7. The van der Waals surface area contributed by atoms with Crippen molar-refractivity contribution in [1.82, 2.24) is 5.32 Å². The van der Waals surface area contributed by atoms with Gasteiger partial charge in [0, 0.05) is 6.54 Å². The normalized spacial score (nSPS) is 15.1. The smallest absolute Gasteiger partial charge is 0.407 e. The van der Waals surface area contributed by atoms with E-state index in [0.29, 0.717) is 11.4 Å². The zero-order chi connectivity index (χ0) is 21.8. The Morgan fingerprint density at radius 3 is 2.48 bits per heavy atom. The van der Waals surface area contributed by atoms with Gasteiger partial charge in [-0.15, -0.1) is 0 Å². The average Bonchev–Trinajstić information content (AvgIpc) is 2.59. The number of hydrogen-bond donors (Lipinski definition) is 2. The van der Waals surface area contributed by atoms with Gasteiger partial charge >= 0.3 is 12.1 Å². The minimum atomic E-state index is -1.14. The molecule has 29 heavy (non-hydrogen) atoms. The van der Waals surface area contributed by atoms with Crippen LogP contribution in [0.3, 0.4) is 0 Å². The van der Waals surface area contributed by atoms with Crippen LogP contribution < -0.4 is 15.5 Å². The first-order chi connectivity index (χ1) is 13.4. The lowest BCUT2D eigenvalue weighted by atomic mass is 9.96. The lowest BCUT2D eigenvalue weighted by molar-refractivity contribution is -0.148. The van der Waals surface area contributed by atoms with Crippen molar-refractivity contribution in [1.29, 1.82) is 0 Å². The number of nitrogens with zero attached hydrogens (tertiary/aromatic N) is 1. The molecule has 0 fully saturated rings. The molecule has 9 nitrogen and oxygen atoms in total. The van der Waals surface area contributed by atoms with Crippen LogP contribution in [0.15, 0.2) is 24.3 Å². The molecule has 1 aliphatic heterocycles. The third kappa shape index (κ3) is 5.69. The number of amides is 3. The summed E-state index contributed by atoms with van der Waals surface area (Å²) >= 11 is 0. The maximum Gasteiger partial charge on any atom is 0.407 e. The second kappa shape index (κ2) is 8.50. The van der Waals surface area contributed by atoms with E-state index >= 15 is 0 Å². The van der Waals surface area contributed by atoms with E-state index in [0.717, 1.165) is 0 Å². The molecule has 1 aromatic carbocycles. The van der Waals surface area contributed by atoms with Crippen LogP contribution >= 0.6 is 0 Å². The van der Waals surface area contributed by atoms with Gasteiger partial charge in [0.05, 0.1) is 17.8 Å². The molecule has 3 amide bonds. The lowest BCUT2D eigenvalue weighted by Crippen LogP contribution is -2.59. The molecule has 0 spiro atoms. The summed E-state index contributed by atoms with van der Waals surface area (Å²) in [5.41, 5.74) is -0.737. The lowest BCUT2D eigenvalue weighted by Gasteiger charge is -2.41. The van der Waals surface area contributed by atoms with E-state index in [1.807, 2.05) is 0 Å². The fraction of sp³-hybridized carbons (Fsp3) is 0.500. The third-order valence-electron chi connectivity index (χ3n) is 4.11. The zero-order valence-electron chi connectivity index (χ0n) is 17.3. The molecule has 0 aliphatic carbocycles. The standard InChI is InChI=1S/C20H27N3O6/c1-19(2,3)29-18(27)21-11-10-16(25)28-12-15(24)23-14-9-7-6-8-13(14)22-17(26)20(23,4)5/h6-9H,10-12H2,1-5H3,(H,21,27)(H,22,26). The van der Waals surface area contributed by atoms with E-state index in [1.54, 1.807) is 58.9 Å². The van der Waals surface area contributed by atoms with Gasteiger partial charge in [-0.1, -0.05) is 12.1 Å². The van der Waals surface area contributed by atoms with Crippen LogP contribution in [0.4, 0.5) is 16.2 Å². The van der Waals surface area contributed by atoms with Crippen molar-refractivity contribution in [3.05, 3.63) is 24.3 Å². The van der Waals surface area contributed by atoms with Gasteiger partial charge in [-0.3, -0.25) is 19.3 Å². The molecule has 0 atom stereocenters. The number of carbonyl (C=O) groups is 4. The number of carbonyl (C=O) groups excluding carboxylic acids is 4. The number of rotatable bonds is 5. The second-order valence-corrected chi connectivity index (χ2v) is 8.10. The summed E-state index contributed by atoms with van der Waals surface area (Å²) in [6, 6.07) is 6.90. The van der Waals surface area contributed by atoms with Crippen LogP contribution in [0.1, 0.15) is 41.0 Å². The number of anilines is 2. The van der Waals surface area contributed by atoms with E-state index < -0.39 is 35.7 Å². The highest BCUT2D eigenvalue weighted by Crippen LogP contribution is 2.36. The molecule has 1 aliphatic rings. The molecular weight excluding hydrogens is 378 g/mol. The monoisotopic (exact) mass is 405 g/mol. The summed E-state index contributed by atoms with van der Waals surface area (Å²) in [6.07, 6.45) is -0.758. The first kappa shape index (κ1) is 22.2. The Bertz CT molecular complexity index is 813. The van der Waals surface area contributed by atoms with E-state index in [4.69, 9.17) is 9.47 Å². The second-order valence-electron chi connectivity index (χ2n) is 8.10. The largest absolute Gasteiger partial charge is 0.455 e. The fourth-order valence-corrected chi connectivity index (χ4v) is 2.76. The van der Waals surface area contributed by atoms with E-state index in [-0.39, 0.29) is 18.9 Å². The SMILES string of the molecule is CC(C)(C)OC(=O)NCCC(=O)OCC(=O)N1c2ccccc2NC(=O)C1(C)C. The Labute approximate surface area is 169 Å². The number of esters is 1. The van der Waals surface area contributed by atoms with Crippen LogP contribution in [0.5, 0.6) is 0 Å². The highest BCUT2D eigenvalue weighted by molar-refractivity contribution is 6.14. The average molecular weight is 405 g/mol. The number of benzene rings is 1. The van der Waals surface area contributed by atoms with E-state index in [2.05, 4.69) is 10.6 Å². The molecule has 0 bridgehead atoms. The first-order valence-corrected chi connectivity index (χ1v) is 9.28. The number of ether oxygens (including phenoxy) is 2. The molecule has 2 rings (SSSR count). The van der Waals surface area contributed by atoms with Crippen molar-refractivity contribution in [2.75, 3.05) is 23.4 Å². The van der Waals surface area contributed by atoms with Gasteiger partial charge in [0.1, 0.15) is 11.1 Å². The Hall–Kier alpha value is -3.10. The summed E-state index contributed by atoms with van der Waals surface area (Å²) in [6.45, 7) is 7.91. The molecule has 9 heteroatoms. The van der Waals surface area contributed by atoms with Crippen LogP contribution in [0.25, 0.3) is 0 Å². The zero-order valence-corrected chi connectivity index (χ0v) is 17.3. The minimum absolute atomic E-state index is 0.0163. The summed E-state index contributed by atoms with van der Waals surface area (Å²) in [5.74, 6) is -1.51. The summed E-state index contributed by atoms with van der Waals surface area (Å²) < 4.78 is 10.1. The number of fused-ring (bicyclic) bond motifs is 1. The van der Waals surface area contributed by atoms with Gasteiger partial charge in [0.25, 0.3) is 5.91 Å². The van der Waals surface area contributed by atoms with Crippen molar-refractivity contribution < 1.29 is 28.7 Å². The molecule has 0 aromatic heterocycles. The van der Waals surface area contributed by atoms with Crippen LogP contribution in [0.2, 0.25) is 0 Å². The molecule has 1 aromatic rings. The molecular formula is C20H27N3O6. The Kier molecular flexibility index (Phi) is 6.51. The van der Waals surface area contributed by atoms with Crippen LogP contribution in [-0.2, 0) is 23.9 Å². The van der Waals surface area contributed by atoms with Crippen LogP contribution in [-0.4, -0.2) is 48.2 Å².